The summed E-state index contributed by atoms with van der Waals surface area (Å²) in [6, 6.07) is 0.286. The van der Waals surface area contributed by atoms with Crippen LogP contribution >= 0.6 is 11.8 Å². The number of rotatable bonds is 5. The lowest BCUT2D eigenvalue weighted by molar-refractivity contribution is 0.219. The largest absolute Gasteiger partial charge is 0.461 e. The maximum absolute atomic E-state index is 5.50. The quantitative estimate of drug-likeness (QED) is 0.837. The molecular formula is C12H16N6OS. The molecule has 2 rings (SSSR count). The van der Waals surface area contributed by atoms with Gasteiger partial charge in [0.05, 0.1) is 6.10 Å². The molecule has 0 amide bonds. The first-order chi connectivity index (χ1) is 9.56. The van der Waals surface area contributed by atoms with Crippen LogP contribution in [0, 0.1) is 6.92 Å². The summed E-state index contributed by atoms with van der Waals surface area (Å²) < 4.78 is 5.50. The Morgan fingerprint density at radius 3 is 2.40 bits per heavy atom. The van der Waals surface area contributed by atoms with Gasteiger partial charge < -0.3 is 10.1 Å². The molecule has 0 saturated carbocycles. The Morgan fingerprint density at radius 1 is 1.10 bits per heavy atom. The van der Waals surface area contributed by atoms with Crippen LogP contribution in [-0.2, 0) is 0 Å². The molecule has 7 nitrogen and oxygen atoms in total. The maximum Gasteiger partial charge on any atom is 0.322 e. The molecule has 0 unspecified atom stereocenters. The smallest absolute Gasteiger partial charge is 0.322 e. The fourth-order valence-corrected chi connectivity index (χ4v) is 1.90. The van der Waals surface area contributed by atoms with Crippen molar-refractivity contribution in [1.82, 2.24) is 24.9 Å². The van der Waals surface area contributed by atoms with Crippen LogP contribution in [0.3, 0.4) is 0 Å². The van der Waals surface area contributed by atoms with Crippen LogP contribution < -0.4 is 10.1 Å². The van der Waals surface area contributed by atoms with Crippen molar-refractivity contribution in [3.8, 4) is 6.01 Å². The number of hydrogen-bond acceptors (Lipinski definition) is 8. The van der Waals surface area contributed by atoms with Crippen molar-refractivity contribution < 1.29 is 4.74 Å². The molecule has 0 bridgehead atoms. The van der Waals surface area contributed by atoms with Gasteiger partial charge in [0.2, 0.25) is 11.1 Å². The summed E-state index contributed by atoms with van der Waals surface area (Å²) in [6.07, 6.45) is 3.50. The zero-order valence-corrected chi connectivity index (χ0v) is 12.6. The second-order valence-electron chi connectivity index (χ2n) is 4.29. The minimum Gasteiger partial charge on any atom is -0.461 e. The minimum atomic E-state index is -0.00409. The number of aromatic nitrogens is 5. The van der Waals surface area contributed by atoms with Gasteiger partial charge in [0, 0.05) is 19.4 Å². The van der Waals surface area contributed by atoms with E-state index in [1.54, 1.807) is 19.4 Å². The molecule has 0 radical (unpaired) electrons. The normalized spacial score (nSPS) is 10.7. The SMILES string of the molecule is CNc1nc(OC(C)C)nc(Sc2ncc(C)cn2)n1. The van der Waals surface area contributed by atoms with E-state index in [1.165, 1.54) is 11.8 Å². The first-order valence-electron chi connectivity index (χ1n) is 6.14. The first-order valence-corrected chi connectivity index (χ1v) is 6.95. The first kappa shape index (κ1) is 14.4. The Morgan fingerprint density at radius 2 is 1.80 bits per heavy atom. The summed E-state index contributed by atoms with van der Waals surface area (Å²) in [4.78, 5) is 21.0. The predicted octanol–water partition coefficient (Wildman–Crippen LogP) is 1.95. The highest BCUT2D eigenvalue weighted by molar-refractivity contribution is 7.99. The molecule has 0 aliphatic heterocycles. The molecule has 0 aliphatic rings. The van der Waals surface area contributed by atoms with Crippen LogP contribution in [-0.4, -0.2) is 38.1 Å². The maximum atomic E-state index is 5.50. The highest BCUT2D eigenvalue weighted by atomic mass is 32.2. The van der Waals surface area contributed by atoms with Crippen LogP contribution in [0.1, 0.15) is 19.4 Å². The van der Waals surface area contributed by atoms with Gasteiger partial charge in [-0.05, 0) is 38.1 Å². The molecule has 20 heavy (non-hydrogen) atoms. The molecule has 2 aromatic rings. The zero-order valence-electron chi connectivity index (χ0n) is 11.8. The van der Waals surface area contributed by atoms with E-state index in [-0.39, 0.29) is 12.1 Å². The minimum absolute atomic E-state index is 0.00409. The highest BCUT2D eigenvalue weighted by Crippen LogP contribution is 2.23. The number of hydrogen-bond donors (Lipinski definition) is 1. The third kappa shape index (κ3) is 4.02. The van der Waals surface area contributed by atoms with Gasteiger partial charge >= 0.3 is 6.01 Å². The Bertz CT molecular complexity index is 575. The van der Waals surface area contributed by atoms with E-state index in [4.69, 9.17) is 4.74 Å². The van der Waals surface area contributed by atoms with Gasteiger partial charge in [-0.3, -0.25) is 0 Å². The molecule has 0 spiro atoms. The van der Waals surface area contributed by atoms with Crippen LogP contribution in [0.15, 0.2) is 22.7 Å². The molecule has 2 aromatic heterocycles. The Labute approximate surface area is 121 Å². The molecule has 0 saturated heterocycles. The van der Waals surface area contributed by atoms with Crippen molar-refractivity contribution in [3.63, 3.8) is 0 Å². The second kappa shape index (κ2) is 6.47. The van der Waals surface area contributed by atoms with Crippen molar-refractivity contribution >= 4 is 17.7 Å². The molecular weight excluding hydrogens is 276 g/mol. The van der Waals surface area contributed by atoms with Crippen LogP contribution in [0.25, 0.3) is 0 Å². The Balaban J connectivity index is 2.23. The predicted molar refractivity (Wildman–Crippen MR) is 76.0 cm³/mol. The zero-order chi connectivity index (χ0) is 14.5. The molecule has 0 aromatic carbocycles. The van der Waals surface area contributed by atoms with Crippen molar-refractivity contribution in [2.45, 2.75) is 37.2 Å². The van der Waals surface area contributed by atoms with E-state index < -0.39 is 0 Å². The molecule has 0 aliphatic carbocycles. The summed E-state index contributed by atoms with van der Waals surface area (Å²) in [5, 5.41) is 3.95. The van der Waals surface area contributed by atoms with E-state index in [0.29, 0.717) is 16.3 Å². The third-order valence-corrected chi connectivity index (χ3v) is 2.86. The highest BCUT2D eigenvalue weighted by Gasteiger charge is 2.10. The van der Waals surface area contributed by atoms with E-state index in [9.17, 15) is 0 Å². The summed E-state index contributed by atoms with van der Waals surface area (Å²) in [5.74, 6) is 0.449. The molecule has 1 N–H and O–H groups in total. The lowest BCUT2D eigenvalue weighted by Gasteiger charge is -2.09. The third-order valence-electron chi connectivity index (χ3n) is 2.10. The van der Waals surface area contributed by atoms with E-state index in [2.05, 4.69) is 30.2 Å². The standard InChI is InChI=1S/C12H16N6OS/c1-7(2)19-10-16-9(13-4)17-12(18-10)20-11-14-5-8(3)6-15-11/h5-7H,1-4H3,(H,13,16,17,18). The van der Waals surface area contributed by atoms with Gasteiger partial charge in [0.1, 0.15) is 0 Å². The molecule has 0 atom stereocenters. The molecule has 2 heterocycles. The van der Waals surface area contributed by atoms with Crippen LogP contribution in [0.4, 0.5) is 5.95 Å². The lowest BCUT2D eigenvalue weighted by atomic mass is 10.4. The number of ether oxygens (including phenoxy) is 1. The number of anilines is 1. The van der Waals surface area contributed by atoms with Crippen molar-refractivity contribution in [3.05, 3.63) is 18.0 Å². The molecule has 106 valence electrons. The number of nitrogens with one attached hydrogen (secondary N) is 1. The summed E-state index contributed by atoms with van der Waals surface area (Å²) in [5.41, 5.74) is 1.00. The van der Waals surface area contributed by atoms with Crippen LogP contribution in [0.2, 0.25) is 0 Å². The van der Waals surface area contributed by atoms with Gasteiger partial charge in [-0.1, -0.05) is 0 Å². The van der Waals surface area contributed by atoms with Crippen LogP contribution in [0.5, 0.6) is 6.01 Å². The number of aryl methyl sites for hydroxylation is 1. The monoisotopic (exact) mass is 292 g/mol. The summed E-state index contributed by atoms with van der Waals surface area (Å²) >= 11 is 1.26. The van der Waals surface area contributed by atoms with E-state index in [1.807, 2.05) is 20.8 Å². The van der Waals surface area contributed by atoms with E-state index >= 15 is 0 Å². The lowest BCUT2D eigenvalue weighted by Crippen LogP contribution is -2.11. The van der Waals surface area contributed by atoms with E-state index in [0.717, 1.165) is 5.56 Å². The van der Waals surface area contributed by atoms with Gasteiger partial charge in [-0.25, -0.2) is 9.97 Å². The van der Waals surface area contributed by atoms with Gasteiger partial charge in [-0.15, -0.1) is 0 Å². The van der Waals surface area contributed by atoms with Crippen molar-refractivity contribution in [1.29, 1.82) is 0 Å². The topological polar surface area (TPSA) is 85.7 Å². The van der Waals surface area contributed by atoms with Crippen molar-refractivity contribution in [2.24, 2.45) is 0 Å². The van der Waals surface area contributed by atoms with Gasteiger partial charge in [0.15, 0.2) is 5.16 Å². The molecule has 8 heteroatoms. The Hall–Kier alpha value is -1.96. The Kier molecular flexibility index (Phi) is 4.67. The fourth-order valence-electron chi connectivity index (χ4n) is 1.27. The number of nitrogens with zero attached hydrogens (tertiary/aromatic N) is 5. The van der Waals surface area contributed by atoms with Gasteiger partial charge in [-0.2, -0.15) is 15.0 Å². The summed E-state index contributed by atoms with van der Waals surface area (Å²) in [6.45, 7) is 5.77. The fraction of sp³-hybridized carbons (Fsp3) is 0.417. The second-order valence-corrected chi connectivity index (χ2v) is 5.22. The average Bonchev–Trinajstić information content (AvgIpc) is 2.40. The van der Waals surface area contributed by atoms with Crippen molar-refractivity contribution in [2.75, 3.05) is 12.4 Å². The average molecular weight is 292 g/mol. The summed E-state index contributed by atoms with van der Waals surface area (Å²) in [7, 11) is 1.74. The molecule has 0 fully saturated rings. The van der Waals surface area contributed by atoms with Gasteiger partial charge in [0.25, 0.3) is 0 Å².